The molecule has 2 N–H and O–H groups in total. The van der Waals surface area contributed by atoms with E-state index in [1.54, 1.807) is 27.9 Å². The average molecular weight is 447 g/mol. The summed E-state index contributed by atoms with van der Waals surface area (Å²) in [5.41, 5.74) is 0.860. The molecule has 0 spiro atoms. The lowest BCUT2D eigenvalue weighted by molar-refractivity contribution is -0.115. The van der Waals surface area contributed by atoms with Gasteiger partial charge in [0.25, 0.3) is 5.91 Å². The normalized spacial score (nSPS) is 19.6. The highest BCUT2D eigenvalue weighted by atomic mass is 16.6. The number of hydrogen-bond donors (Lipinski definition) is 2. The van der Waals surface area contributed by atoms with Crippen LogP contribution in [0.25, 0.3) is 0 Å². The van der Waals surface area contributed by atoms with Gasteiger partial charge in [0.2, 0.25) is 0 Å². The maximum Gasteiger partial charge on any atom is 0.407 e. The third-order valence-electron chi connectivity index (χ3n) is 5.38. The van der Waals surface area contributed by atoms with Crippen molar-refractivity contribution < 1.29 is 23.9 Å². The van der Waals surface area contributed by atoms with Gasteiger partial charge in [-0.05, 0) is 64.4 Å². The molecule has 0 saturated carbocycles. The fraction of sp³-hybridized carbons (Fsp3) is 0.609. The molecule has 0 bridgehead atoms. The van der Waals surface area contributed by atoms with Crippen molar-refractivity contribution in [3.63, 3.8) is 0 Å². The fourth-order valence-electron chi connectivity index (χ4n) is 3.83. The van der Waals surface area contributed by atoms with Gasteiger partial charge < -0.3 is 24.9 Å². The third-order valence-corrected chi connectivity index (χ3v) is 5.38. The molecule has 2 atom stereocenters. The second-order valence-corrected chi connectivity index (χ2v) is 9.10. The van der Waals surface area contributed by atoms with E-state index in [1.807, 2.05) is 18.2 Å². The Morgan fingerprint density at radius 1 is 1.25 bits per heavy atom. The number of ether oxygens (including phenoxy) is 2. The summed E-state index contributed by atoms with van der Waals surface area (Å²) in [6, 6.07) is 8.02. The molecule has 32 heavy (non-hydrogen) atoms. The Bertz CT molecular complexity index is 830. The van der Waals surface area contributed by atoms with E-state index in [0.29, 0.717) is 18.7 Å². The summed E-state index contributed by atoms with van der Waals surface area (Å²) in [6.45, 7) is 8.07. The van der Waals surface area contributed by atoms with Gasteiger partial charge in [0.1, 0.15) is 17.1 Å². The maximum atomic E-state index is 12.7. The van der Waals surface area contributed by atoms with E-state index >= 15 is 0 Å². The first kappa shape index (κ1) is 23.8. The van der Waals surface area contributed by atoms with Crippen LogP contribution in [0.2, 0.25) is 0 Å². The van der Waals surface area contributed by atoms with Gasteiger partial charge in [0.05, 0.1) is 19.7 Å². The predicted molar refractivity (Wildman–Crippen MR) is 121 cm³/mol. The van der Waals surface area contributed by atoms with E-state index in [-0.39, 0.29) is 18.5 Å². The summed E-state index contributed by atoms with van der Waals surface area (Å²) < 4.78 is 10.6. The standard InChI is InChI=1S/C23H34N4O5/c1-23(2,3)31-22(29)25-14-18-13-19(26-32-18)21(28)24-15-20(27-10-5-6-11-27)16-8-7-9-17(12-16)30-4/h7-9,12,18,20H,5-6,10-11,13-15H2,1-4H3,(H,24,28)(H,25,29). The Kier molecular flexibility index (Phi) is 7.95. The van der Waals surface area contributed by atoms with Gasteiger partial charge in [-0.2, -0.15) is 0 Å². The number of nitrogens with zero attached hydrogens (tertiary/aromatic N) is 2. The highest BCUT2D eigenvalue weighted by molar-refractivity contribution is 6.39. The molecule has 176 valence electrons. The van der Waals surface area contributed by atoms with Crippen molar-refractivity contribution in [2.75, 3.05) is 33.3 Å². The molecule has 2 unspecified atom stereocenters. The van der Waals surface area contributed by atoms with E-state index in [2.05, 4.69) is 26.8 Å². The largest absolute Gasteiger partial charge is 0.497 e. The first-order valence-corrected chi connectivity index (χ1v) is 11.1. The smallest absolute Gasteiger partial charge is 0.407 e. The van der Waals surface area contributed by atoms with E-state index < -0.39 is 17.8 Å². The minimum atomic E-state index is -0.573. The zero-order valence-electron chi connectivity index (χ0n) is 19.3. The number of rotatable bonds is 8. The minimum Gasteiger partial charge on any atom is -0.497 e. The number of hydrogen-bond acceptors (Lipinski definition) is 7. The first-order valence-electron chi connectivity index (χ1n) is 11.1. The molecule has 2 heterocycles. The van der Waals surface area contributed by atoms with Gasteiger partial charge in [-0.15, -0.1) is 0 Å². The molecule has 1 aromatic rings. The maximum absolute atomic E-state index is 12.7. The number of carbonyl (C=O) groups is 2. The van der Waals surface area contributed by atoms with Gasteiger partial charge >= 0.3 is 6.09 Å². The number of benzene rings is 1. The quantitative estimate of drug-likeness (QED) is 0.637. The van der Waals surface area contributed by atoms with Crippen molar-refractivity contribution in [3.05, 3.63) is 29.8 Å². The number of alkyl carbamates (subject to hydrolysis) is 1. The van der Waals surface area contributed by atoms with Crippen molar-refractivity contribution in [1.29, 1.82) is 0 Å². The van der Waals surface area contributed by atoms with Crippen LogP contribution in [0.15, 0.2) is 29.4 Å². The summed E-state index contributed by atoms with van der Waals surface area (Å²) in [5, 5.41) is 9.58. The van der Waals surface area contributed by atoms with E-state index in [0.717, 1.165) is 37.2 Å². The highest BCUT2D eigenvalue weighted by Gasteiger charge is 2.29. The summed E-state index contributed by atoms with van der Waals surface area (Å²) in [5.74, 6) is 0.545. The van der Waals surface area contributed by atoms with Gasteiger partial charge in [0.15, 0.2) is 6.10 Å². The highest BCUT2D eigenvalue weighted by Crippen LogP contribution is 2.27. The van der Waals surface area contributed by atoms with Crippen molar-refractivity contribution in [1.82, 2.24) is 15.5 Å². The van der Waals surface area contributed by atoms with Crippen molar-refractivity contribution in [2.24, 2.45) is 5.16 Å². The van der Waals surface area contributed by atoms with E-state index in [9.17, 15) is 9.59 Å². The van der Waals surface area contributed by atoms with Gasteiger partial charge in [-0.25, -0.2) is 4.79 Å². The van der Waals surface area contributed by atoms with Gasteiger partial charge in [-0.1, -0.05) is 17.3 Å². The van der Waals surface area contributed by atoms with E-state index in [1.165, 1.54) is 0 Å². The first-order chi connectivity index (χ1) is 15.2. The molecule has 9 heteroatoms. The lowest BCUT2D eigenvalue weighted by atomic mass is 10.0. The molecule has 1 saturated heterocycles. The van der Waals surface area contributed by atoms with E-state index in [4.69, 9.17) is 14.3 Å². The number of likely N-dealkylation sites (tertiary alicyclic amines) is 1. The number of carbonyl (C=O) groups excluding carboxylic acids is 2. The van der Waals surface area contributed by atoms with Crippen LogP contribution in [-0.2, 0) is 14.4 Å². The zero-order valence-corrected chi connectivity index (χ0v) is 19.3. The summed E-state index contributed by atoms with van der Waals surface area (Å²) in [7, 11) is 1.65. The van der Waals surface area contributed by atoms with Crippen LogP contribution in [0, 0.1) is 0 Å². The monoisotopic (exact) mass is 446 g/mol. The number of nitrogens with one attached hydrogen (secondary N) is 2. The SMILES string of the molecule is COc1cccc(C(CNC(=O)C2=NOC(CNC(=O)OC(C)(C)C)C2)N2CCCC2)c1. The molecule has 2 amide bonds. The topological polar surface area (TPSA) is 101 Å². The van der Waals surface area contributed by atoms with Crippen LogP contribution in [0.4, 0.5) is 4.79 Å². The molecule has 2 aliphatic heterocycles. The van der Waals surface area contributed by atoms with Crippen LogP contribution >= 0.6 is 0 Å². The average Bonchev–Trinajstić information content (AvgIpc) is 3.44. The molecular weight excluding hydrogens is 412 g/mol. The van der Waals surface area contributed by atoms with Crippen LogP contribution in [0.3, 0.4) is 0 Å². The molecule has 9 nitrogen and oxygen atoms in total. The van der Waals surface area contributed by atoms with Crippen molar-refractivity contribution in [3.8, 4) is 5.75 Å². The fourth-order valence-corrected chi connectivity index (χ4v) is 3.83. The molecule has 3 rings (SSSR count). The number of amides is 2. The Hall–Kier alpha value is -2.81. The summed E-state index contributed by atoms with van der Waals surface area (Å²) >= 11 is 0. The second-order valence-electron chi connectivity index (χ2n) is 9.10. The molecule has 1 aromatic carbocycles. The zero-order chi connectivity index (χ0) is 23.1. The third kappa shape index (κ3) is 6.85. The number of oxime groups is 1. The van der Waals surface area contributed by atoms with Crippen LogP contribution in [-0.4, -0.2) is 67.6 Å². The van der Waals surface area contributed by atoms with Crippen LogP contribution in [0.1, 0.15) is 51.6 Å². The summed E-state index contributed by atoms with van der Waals surface area (Å²) in [4.78, 5) is 32.2. The minimum absolute atomic E-state index is 0.0594. The lowest BCUT2D eigenvalue weighted by Gasteiger charge is -2.28. The molecule has 0 aliphatic carbocycles. The number of methoxy groups -OCH3 is 1. The Morgan fingerprint density at radius 3 is 2.69 bits per heavy atom. The van der Waals surface area contributed by atoms with Crippen molar-refractivity contribution in [2.45, 2.75) is 57.8 Å². The molecular formula is C23H34N4O5. The van der Waals surface area contributed by atoms with Crippen LogP contribution in [0.5, 0.6) is 5.75 Å². The summed E-state index contributed by atoms with van der Waals surface area (Å²) in [6.07, 6.45) is 1.72. The Morgan fingerprint density at radius 2 is 2.00 bits per heavy atom. The molecule has 0 aromatic heterocycles. The van der Waals surface area contributed by atoms with Crippen LogP contribution < -0.4 is 15.4 Å². The lowest BCUT2D eigenvalue weighted by Crippen LogP contribution is -2.40. The van der Waals surface area contributed by atoms with Gasteiger partial charge in [0, 0.05) is 13.0 Å². The van der Waals surface area contributed by atoms with Crippen molar-refractivity contribution >= 4 is 17.7 Å². The predicted octanol–water partition coefficient (Wildman–Crippen LogP) is 2.62. The Labute approximate surface area is 189 Å². The Balaban J connectivity index is 1.51. The molecule has 1 fully saturated rings. The van der Waals surface area contributed by atoms with Gasteiger partial charge in [-0.3, -0.25) is 9.69 Å². The molecule has 0 radical (unpaired) electrons. The second kappa shape index (κ2) is 10.7. The molecule has 2 aliphatic rings.